The molecular formula is C12H20F3N3O2. The summed E-state index contributed by atoms with van der Waals surface area (Å²) in [5.74, 6) is -1.65. The van der Waals surface area contributed by atoms with E-state index >= 15 is 0 Å². The molecule has 2 atom stereocenters. The maximum Gasteiger partial charge on any atom is 0.406 e. The number of halogens is 3. The fourth-order valence-electron chi connectivity index (χ4n) is 2.16. The largest absolute Gasteiger partial charge is 0.406 e. The molecule has 20 heavy (non-hydrogen) atoms. The molecule has 0 saturated carbocycles. The Morgan fingerprint density at radius 2 is 1.90 bits per heavy atom. The molecule has 0 aromatic carbocycles. The quantitative estimate of drug-likeness (QED) is 0.820. The number of hydrogen-bond acceptors (Lipinski definition) is 3. The fraction of sp³-hybridized carbons (Fsp3) is 0.833. The van der Waals surface area contributed by atoms with Crippen molar-refractivity contribution in [3.8, 4) is 0 Å². The molecule has 0 aromatic rings. The Hall–Kier alpha value is -1.31. The third-order valence-corrected chi connectivity index (χ3v) is 3.35. The molecule has 1 saturated heterocycles. The minimum absolute atomic E-state index is 0.173. The van der Waals surface area contributed by atoms with Gasteiger partial charge in [0.1, 0.15) is 13.1 Å². The summed E-state index contributed by atoms with van der Waals surface area (Å²) in [6.07, 6.45) is -4.03. The summed E-state index contributed by atoms with van der Waals surface area (Å²) in [5.41, 5.74) is 0. The summed E-state index contributed by atoms with van der Waals surface area (Å²) in [6.45, 7) is 0.414. The molecule has 1 aliphatic rings. The number of carbonyl (C=O) groups excluding carboxylic acids is 2. The van der Waals surface area contributed by atoms with Crippen LogP contribution in [0.1, 0.15) is 13.3 Å². The average Bonchev–Trinajstić information content (AvgIpc) is 2.71. The zero-order chi connectivity index (χ0) is 15.5. The highest BCUT2D eigenvalue weighted by molar-refractivity contribution is 5.86. The standard InChI is InChI=1S/C12H20F3N3O2/c1-8-9(4-5-16-8)11(20)18(7-12(13,14)15)6-10(19)17(2)3/h8-9,16H,4-7H2,1-3H3. The van der Waals surface area contributed by atoms with Crippen LogP contribution in [0.4, 0.5) is 13.2 Å². The molecule has 1 N–H and O–H groups in total. The van der Waals surface area contributed by atoms with E-state index in [4.69, 9.17) is 0 Å². The Balaban J connectivity index is 2.80. The van der Waals surface area contributed by atoms with E-state index in [0.29, 0.717) is 17.9 Å². The molecule has 2 amide bonds. The highest BCUT2D eigenvalue weighted by Crippen LogP contribution is 2.22. The Bertz CT molecular complexity index is 371. The monoisotopic (exact) mass is 295 g/mol. The minimum atomic E-state index is -4.52. The summed E-state index contributed by atoms with van der Waals surface area (Å²) in [5, 5.41) is 3.02. The van der Waals surface area contributed by atoms with Gasteiger partial charge in [-0.2, -0.15) is 13.2 Å². The van der Waals surface area contributed by atoms with E-state index in [1.165, 1.54) is 19.0 Å². The molecule has 0 aromatic heterocycles. The topological polar surface area (TPSA) is 52.7 Å². The predicted molar refractivity (Wildman–Crippen MR) is 66.9 cm³/mol. The molecule has 5 nitrogen and oxygen atoms in total. The van der Waals surface area contributed by atoms with Gasteiger partial charge in [0.05, 0.1) is 5.92 Å². The number of hydrogen-bond donors (Lipinski definition) is 1. The Morgan fingerprint density at radius 3 is 2.30 bits per heavy atom. The normalized spacial score (nSPS) is 22.7. The van der Waals surface area contributed by atoms with E-state index in [1.54, 1.807) is 6.92 Å². The number of nitrogens with one attached hydrogen (secondary N) is 1. The Labute approximate surface area is 116 Å². The first kappa shape index (κ1) is 16.7. The number of rotatable bonds is 4. The first-order valence-electron chi connectivity index (χ1n) is 6.41. The molecular weight excluding hydrogens is 275 g/mol. The van der Waals surface area contributed by atoms with Crippen LogP contribution >= 0.6 is 0 Å². The van der Waals surface area contributed by atoms with Gasteiger partial charge in [0, 0.05) is 20.1 Å². The van der Waals surface area contributed by atoms with E-state index < -0.39 is 37.0 Å². The van der Waals surface area contributed by atoms with Crippen molar-refractivity contribution in [1.29, 1.82) is 0 Å². The Kier molecular flexibility index (Phi) is 5.38. The molecule has 8 heteroatoms. The van der Waals surface area contributed by atoms with Crippen LogP contribution in [0.2, 0.25) is 0 Å². The molecule has 1 aliphatic heterocycles. The van der Waals surface area contributed by atoms with E-state index in [9.17, 15) is 22.8 Å². The van der Waals surface area contributed by atoms with Crippen LogP contribution < -0.4 is 5.32 Å². The van der Waals surface area contributed by atoms with E-state index in [-0.39, 0.29) is 6.04 Å². The molecule has 116 valence electrons. The van der Waals surface area contributed by atoms with Crippen LogP contribution in [0.3, 0.4) is 0 Å². The van der Waals surface area contributed by atoms with Gasteiger partial charge in [0.25, 0.3) is 0 Å². The fourth-order valence-corrected chi connectivity index (χ4v) is 2.16. The lowest BCUT2D eigenvalue weighted by Crippen LogP contribution is -2.48. The number of nitrogens with zero attached hydrogens (tertiary/aromatic N) is 2. The first-order chi connectivity index (χ1) is 9.11. The SMILES string of the molecule is CC1NCCC1C(=O)N(CC(=O)N(C)C)CC(F)(F)F. The van der Waals surface area contributed by atoms with Crippen molar-refractivity contribution < 1.29 is 22.8 Å². The lowest BCUT2D eigenvalue weighted by Gasteiger charge is -2.28. The summed E-state index contributed by atoms with van der Waals surface area (Å²) < 4.78 is 37.7. The van der Waals surface area contributed by atoms with Gasteiger partial charge in [0.15, 0.2) is 0 Å². The second kappa shape index (κ2) is 6.43. The summed E-state index contributed by atoms with van der Waals surface area (Å²) >= 11 is 0. The summed E-state index contributed by atoms with van der Waals surface area (Å²) in [4.78, 5) is 25.6. The molecule has 1 fully saturated rings. The third kappa shape index (κ3) is 4.66. The van der Waals surface area contributed by atoms with Gasteiger partial charge in [0.2, 0.25) is 11.8 Å². The highest BCUT2D eigenvalue weighted by Gasteiger charge is 2.39. The van der Waals surface area contributed by atoms with E-state index in [0.717, 1.165) is 0 Å². The first-order valence-corrected chi connectivity index (χ1v) is 6.41. The lowest BCUT2D eigenvalue weighted by molar-refractivity contribution is -0.166. The van der Waals surface area contributed by atoms with Gasteiger partial charge in [-0.1, -0.05) is 0 Å². The van der Waals surface area contributed by atoms with Gasteiger partial charge in [-0.15, -0.1) is 0 Å². The van der Waals surface area contributed by atoms with Crippen LogP contribution in [0.5, 0.6) is 0 Å². The van der Waals surface area contributed by atoms with E-state index in [2.05, 4.69) is 5.32 Å². The van der Waals surface area contributed by atoms with Crippen LogP contribution in [-0.4, -0.2) is 67.6 Å². The zero-order valence-electron chi connectivity index (χ0n) is 11.8. The zero-order valence-corrected chi connectivity index (χ0v) is 11.8. The molecule has 2 unspecified atom stereocenters. The van der Waals surface area contributed by atoms with E-state index in [1.807, 2.05) is 0 Å². The summed E-state index contributed by atoms with van der Waals surface area (Å²) in [6, 6.07) is -0.173. The van der Waals surface area contributed by atoms with Crippen LogP contribution in [0.15, 0.2) is 0 Å². The van der Waals surface area contributed by atoms with Crippen molar-refractivity contribution in [2.24, 2.45) is 5.92 Å². The summed E-state index contributed by atoms with van der Waals surface area (Å²) in [7, 11) is 2.89. The average molecular weight is 295 g/mol. The number of carbonyl (C=O) groups is 2. The molecule has 0 bridgehead atoms. The van der Waals surface area contributed by atoms with Crippen LogP contribution in [0.25, 0.3) is 0 Å². The number of amides is 2. The maximum atomic E-state index is 12.6. The minimum Gasteiger partial charge on any atom is -0.347 e. The second-order valence-corrected chi connectivity index (χ2v) is 5.24. The van der Waals surface area contributed by atoms with Crippen molar-refractivity contribution in [1.82, 2.24) is 15.1 Å². The number of likely N-dealkylation sites (N-methyl/N-ethyl adjacent to an activating group) is 1. The third-order valence-electron chi connectivity index (χ3n) is 3.35. The van der Waals surface area contributed by atoms with Crippen molar-refractivity contribution in [3.63, 3.8) is 0 Å². The molecule has 0 spiro atoms. The van der Waals surface area contributed by atoms with Crippen LogP contribution in [0, 0.1) is 5.92 Å². The van der Waals surface area contributed by atoms with Crippen molar-refractivity contribution >= 4 is 11.8 Å². The molecule has 0 radical (unpaired) electrons. The smallest absolute Gasteiger partial charge is 0.347 e. The Morgan fingerprint density at radius 1 is 1.30 bits per heavy atom. The highest BCUT2D eigenvalue weighted by atomic mass is 19.4. The van der Waals surface area contributed by atoms with Crippen molar-refractivity contribution in [2.75, 3.05) is 33.7 Å². The van der Waals surface area contributed by atoms with Gasteiger partial charge < -0.3 is 15.1 Å². The van der Waals surface area contributed by atoms with Gasteiger partial charge in [-0.25, -0.2) is 0 Å². The van der Waals surface area contributed by atoms with Crippen molar-refractivity contribution in [3.05, 3.63) is 0 Å². The van der Waals surface area contributed by atoms with Crippen LogP contribution in [-0.2, 0) is 9.59 Å². The molecule has 1 rings (SSSR count). The van der Waals surface area contributed by atoms with Gasteiger partial charge in [-0.3, -0.25) is 9.59 Å². The van der Waals surface area contributed by atoms with Crippen molar-refractivity contribution in [2.45, 2.75) is 25.6 Å². The predicted octanol–water partition coefficient (Wildman–Crippen LogP) is 0.463. The number of alkyl halides is 3. The van der Waals surface area contributed by atoms with Gasteiger partial charge >= 0.3 is 6.18 Å². The second-order valence-electron chi connectivity index (χ2n) is 5.24. The van der Waals surface area contributed by atoms with Gasteiger partial charge in [-0.05, 0) is 19.9 Å². The maximum absolute atomic E-state index is 12.6. The molecule has 1 heterocycles. The lowest BCUT2D eigenvalue weighted by atomic mass is 10.0. The molecule has 0 aliphatic carbocycles.